The van der Waals surface area contributed by atoms with Crippen LogP contribution in [0.25, 0.3) is 0 Å². The lowest BCUT2D eigenvalue weighted by atomic mass is 10.1. The van der Waals surface area contributed by atoms with Gasteiger partial charge in [0.05, 0.1) is 6.61 Å². The van der Waals surface area contributed by atoms with Crippen LogP contribution >= 0.6 is 0 Å². The fourth-order valence-corrected chi connectivity index (χ4v) is 2.05. The highest BCUT2D eigenvalue weighted by Crippen LogP contribution is 2.27. The first-order valence-corrected chi connectivity index (χ1v) is 6.75. The van der Waals surface area contributed by atoms with E-state index in [4.69, 9.17) is 0 Å². The lowest BCUT2D eigenvalue weighted by Gasteiger charge is -2.27. The van der Waals surface area contributed by atoms with Crippen molar-refractivity contribution in [3.63, 3.8) is 0 Å². The zero-order chi connectivity index (χ0) is 12.0. The SMILES string of the molecule is CCNC(CO)CN(CCC(C)C)C1CC1. The van der Waals surface area contributed by atoms with Crippen molar-refractivity contribution in [2.24, 2.45) is 5.92 Å². The summed E-state index contributed by atoms with van der Waals surface area (Å²) < 4.78 is 0. The summed E-state index contributed by atoms with van der Waals surface area (Å²) in [6.07, 6.45) is 3.96. The molecule has 1 fully saturated rings. The molecule has 0 aromatic rings. The van der Waals surface area contributed by atoms with Gasteiger partial charge in [0.2, 0.25) is 0 Å². The van der Waals surface area contributed by atoms with Gasteiger partial charge in [-0.2, -0.15) is 0 Å². The largest absolute Gasteiger partial charge is 0.395 e. The van der Waals surface area contributed by atoms with Gasteiger partial charge >= 0.3 is 0 Å². The molecule has 1 aliphatic carbocycles. The maximum Gasteiger partial charge on any atom is 0.0597 e. The van der Waals surface area contributed by atoms with E-state index >= 15 is 0 Å². The Balaban J connectivity index is 2.31. The van der Waals surface area contributed by atoms with E-state index in [0.29, 0.717) is 0 Å². The minimum atomic E-state index is 0.248. The van der Waals surface area contributed by atoms with Gasteiger partial charge in [-0.05, 0) is 38.3 Å². The van der Waals surface area contributed by atoms with Crippen molar-refractivity contribution >= 4 is 0 Å². The lowest BCUT2D eigenvalue weighted by Crippen LogP contribution is -2.44. The zero-order valence-electron chi connectivity index (χ0n) is 11.1. The normalized spacial score (nSPS) is 18.4. The summed E-state index contributed by atoms with van der Waals surface area (Å²) in [7, 11) is 0. The molecular formula is C13H28N2O. The molecule has 0 amide bonds. The van der Waals surface area contributed by atoms with Crippen LogP contribution in [0.4, 0.5) is 0 Å². The van der Waals surface area contributed by atoms with Gasteiger partial charge in [-0.25, -0.2) is 0 Å². The Bertz CT molecular complexity index is 181. The molecule has 3 nitrogen and oxygen atoms in total. The van der Waals surface area contributed by atoms with Crippen LogP contribution in [0.2, 0.25) is 0 Å². The Morgan fingerprint density at radius 1 is 1.38 bits per heavy atom. The maximum atomic E-state index is 9.30. The fourth-order valence-electron chi connectivity index (χ4n) is 2.05. The average Bonchev–Trinajstić information content (AvgIpc) is 3.06. The van der Waals surface area contributed by atoms with E-state index in [-0.39, 0.29) is 12.6 Å². The molecule has 0 saturated heterocycles. The number of hydrogen-bond acceptors (Lipinski definition) is 3. The summed E-state index contributed by atoms with van der Waals surface area (Å²) in [4.78, 5) is 2.56. The molecule has 16 heavy (non-hydrogen) atoms. The first-order chi connectivity index (χ1) is 7.67. The average molecular weight is 228 g/mol. The quantitative estimate of drug-likeness (QED) is 0.627. The van der Waals surface area contributed by atoms with Crippen molar-refractivity contribution in [3.8, 4) is 0 Å². The van der Waals surface area contributed by atoms with Crippen molar-refractivity contribution < 1.29 is 5.11 Å². The van der Waals surface area contributed by atoms with Crippen LogP contribution in [0, 0.1) is 5.92 Å². The molecule has 0 heterocycles. The predicted molar refractivity (Wildman–Crippen MR) is 68.6 cm³/mol. The van der Waals surface area contributed by atoms with Crippen molar-refractivity contribution in [2.75, 3.05) is 26.2 Å². The molecule has 1 rings (SSSR count). The van der Waals surface area contributed by atoms with Crippen LogP contribution < -0.4 is 5.32 Å². The molecule has 0 aromatic heterocycles. The molecule has 2 N–H and O–H groups in total. The number of nitrogens with one attached hydrogen (secondary N) is 1. The molecule has 96 valence electrons. The topological polar surface area (TPSA) is 35.5 Å². The number of aliphatic hydroxyl groups is 1. The molecule has 1 unspecified atom stereocenters. The molecule has 1 aliphatic rings. The van der Waals surface area contributed by atoms with Crippen molar-refractivity contribution in [1.82, 2.24) is 10.2 Å². The summed E-state index contributed by atoms with van der Waals surface area (Å²) in [5, 5.41) is 12.6. The summed E-state index contributed by atoms with van der Waals surface area (Å²) in [5.41, 5.74) is 0. The molecule has 0 aliphatic heterocycles. The van der Waals surface area contributed by atoms with Gasteiger partial charge in [0.1, 0.15) is 0 Å². The van der Waals surface area contributed by atoms with Crippen LogP contribution in [0.5, 0.6) is 0 Å². The van der Waals surface area contributed by atoms with E-state index in [9.17, 15) is 5.11 Å². The minimum absolute atomic E-state index is 0.248. The van der Waals surface area contributed by atoms with Gasteiger partial charge in [-0.15, -0.1) is 0 Å². The predicted octanol–water partition coefficient (Wildman–Crippen LogP) is 1.47. The van der Waals surface area contributed by atoms with Gasteiger partial charge in [-0.1, -0.05) is 20.8 Å². The third-order valence-corrected chi connectivity index (χ3v) is 3.23. The summed E-state index contributed by atoms with van der Waals surface area (Å²) >= 11 is 0. The number of nitrogens with zero attached hydrogens (tertiary/aromatic N) is 1. The standard InChI is InChI=1S/C13H28N2O/c1-4-14-12(10-16)9-15(13-5-6-13)8-7-11(2)3/h11-14,16H,4-10H2,1-3H3. The number of hydrogen-bond donors (Lipinski definition) is 2. The van der Waals surface area contributed by atoms with E-state index in [1.54, 1.807) is 0 Å². The van der Waals surface area contributed by atoms with Gasteiger partial charge in [-0.3, -0.25) is 4.90 Å². The van der Waals surface area contributed by atoms with E-state index < -0.39 is 0 Å². The number of likely N-dealkylation sites (N-methyl/N-ethyl adjacent to an activating group) is 1. The summed E-state index contributed by atoms with van der Waals surface area (Å²) in [5.74, 6) is 0.771. The highest BCUT2D eigenvalue weighted by molar-refractivity contribution is 4.87. The Labute approximate surface area is 100 Å². The van der Waals surface area contributed by atoms with Crippen LogP contribution in [0.15, 0.2) is 0 Å². The molecule has 0 bridgehead atoms. The number of rotatable bonds is 9. The fraction of sp³-hybridized carbons (Fsp3) is 1.00. The van der Waals surface area contributed by atoms with Gasteiger partial charge < -0.3 is 10.4 Å². The van der Waals surface area contributed by atoms with Crippen LogP contribution in [-0.2, 0) is 0 Å². The van der Waals surface area contributed by atoms with Crippen LogP contribution in [-0.4, -0.2) is 48.3 Å². The van der Waals surface area contributed by atoms with E-state index in [0.717, 1.165) is 25.0 Å². The minimum Gasteiger partial charge on any atom is -0.395 e. The Morgan fingerprint density at radius 3 is 2.50 bits per heavy atom. The second kappa shape index (κ2) is 7.25. The Kier molecular flexibility index (Phi) is 6.32. The van der Waals surface area contributed by atoms with E-state index in [2.05, 4.69) is 31.0 Å². The van der Waals surface area contributed by atoms with Gasteiger partial charge in [0.25, 0.3) is 0 Å². The monoisotopic (exact) mass is 228 g/mol. The third-order valence-electron chi connectivity index (χ3n) is 3.23. The van der Waals surface area contributed by atoms with Crippen LogP contribution in [0.1, 0.15) is 40.0 Å². The highest BCUT2D eigenvalue weighted by atomic mass is 16.3. The maximum absolute atomic E-state index is 9.30. The Hall–Kier alpha value is -0.120. The molecule has 0 spiro atoms. The van der Waals surface area contributed by atoms with E-state index in [1.165, 1.54) is 25.8 Å². The lowest BCUT2D eigenvalue weighted by molar-refractivity contribution is 0.172. The molecular weight excluding hydrogens is 200 g/mol. The van der Waals surface area contributed by atoms with Crippen LogP contribution in [0.3, 0.4) is 0 Å². The second-order valence-electron chi connectivity index (χ2n) is 5.35. The van der Waals surface area contributed by atoms with Gasteiger partial charge in [0, 0.05) is 18.6 Å². The van der Waals surface area contributed by atoms with Gasteiger partial charge in [0.15, 0.2) is 0 Å². The third kappa shape index (κ3) is 5.28. The Morgan fingerprint density at radius 2 is 2.06 bits per heavy atom. The molecule has 1 saturated carbocycles. The second-order valence-corrected chi connectivity index (χ2v) is 5.35. The molecule has 3 heteroatoms. The molecule has 1 atom stereocenters. The van der Waals surface area contributed by atoms with E-state index in [1.807, 2.05) is 0 Å². The van der Waals surface area contributed by atoms with Crippen molar-refractivity contribution in [3.05, 3.63) is 0 Å². The first kappa shape index (κ1) is 13.9. The molecule has 0 aromatic carbocycles. The number of aliphatic hydroxyl groups excluding tert-OH is 1. The first-order valence-electron chi connectivity index (χ1n) is 6.75. The summed E-state index contributed by atoms with van der Waals surface area (Å²) in [6.45, 7) is 10.0. The highest BCUT2D eigenvalue weighted by Gasteiger charge is 2.29. The van der Waals surface area contributed by atoms with Crippen molar-refractivity contribution in [1.29, 1.82) is 0 Å². The molecule has 0 radical (unpaired) electrons. The smallest absolute Gasteiger partial charge is 0.0597 e. The van der Waals surface area contributed by atoms with Crippen molar-refractivity contribution in [2.45, 2.75) is 52.1 Å². The zero-order valence-corrected chi connectivity index (χ0v) is 11.1. The summed E-state index contributed by atoms with van der Waals surface area (Å²) in [6, 6.07) is 1.05.